The number of aliphatic hydroxyl groups excluding tert-OH is 1. The maximum Gasteiger partial charge on any atom is 0.294 e. The van der Waals surface area contributed by atoms with Gasteiger partial charge in [-0.2, -0.15) is 8.42 Å². The zero-order valence-electron chi connectivity index (χ0n) is 24.2. The average Bonchev–Trinajstić information content (AvgIpc) is 3.54. The van der Waals surface area contributed by atoms with Gasteiger partial charge < -0.3 is 14.8 Å². The maximum absolute atomic E-state index is 10.7. The number of thiophene rings is 1. The molecule has 0 saturated carbocycles. The maximum atomic E-state index is 10.7. The molecule has 9 heteroatoms. The van der Waals surface area contributed by atoms with E-state index in [0.29, 0.717) is 25.1 Å². The third-order valence-corrected chi connectivity index (χ3v) is 9.90. The van der Waals surface area contributed by atoms with E-state index in [4.69, 9.17) is 9.29 Å². The molecule has 222 valence electrons. The van der Waals surface area contributed by atoms with Crippen molar-refractivity contribution in [2.45, 2.75) is 56.6 Å². The Morgan fingerprint density at radius 1 is 1.05 bits per heavy atom. The number of nitrogens with one attached hydrogen (secondary N) is 1. The first-order valence-corrected chi connectivity index (χ1v) is 16.5. The number of hydrogen-bond donors (Lipinski definition) is 3. The van der Waals surface area contributed by atoms with Gasteiger partial charge in [0.2, 0.25) is 0 Å². The van der Waals surface area contributed by atoms with Gasteiger partial charge >= 0.3 is 0 Å². The second-order valence-electron chi connectivity index (χ2n) is 11.2. The van der Waals surface area contributed by atoms with Gasteiger partial charge in [-0.05, 0) is 110 Å². The minimum Gasteiger partial charge on any atom is -0.490 e. The number of hydrogen-bond acceptors (Lipinski definition) is 6. The number of piperidine rings is 1. The highest BCUT2D eigenvalue weighted by Crippen LogP contribution is 2.35. The Balaban J connectivity index is 0.000000300. The van der Waals surface area contributed by atoms with Gasteiger partial charge in [0, 0.05) is 33.9 Å². The molecule has 1 saturated heterocycles. The van der Waals surface area contributed by atoms with Crippen LogP contribution in [0.25, 0.3) is 21.0 Å². The summed E-state index contributed by atoms with van der Waals surface area (Å²) >= 11 is 1.83. The van der Waals surface area contributed by atoms with Crippen LogP contribution in [0.15, 0.2) is 83.1 Å². The van der Waals surface area contributed by atoms with E-state index < -0.39 is 16.2 Å². The van der Waals surface area contributed by atoms with E-state index in [0.717, 1.165) is 41.7 Å². The van der Waals surface area contributed by atoms with Gasteiger partial charge in [-0.1, -0.05) is 30.3 Å². The Bertz CT molecular complexity index is 1750. The van der Waals surface area contributed by atoms with Crippen molar-refractivity contribution in [2.24, 2.45) is 0 Å². The van der Waals surface area contributed by atoms with E-state index in [9.17, 15) is 13.5 Å². The summed E-state index contributed by atoms with van der Waals surface area (Å²) in [4.78, 5) is 5.68. The summed E-state index contributed by atoms with van der Waals surface area (Å²) < 4.78 is 36.6. The fourth-order valence-corrected chi connectivity index (χ4v) is 7.14. The molecule has 3 N–H and O–H groups in total. The lowest BCUT2D eigenvalue weighted by Crippen LogP contribution is -2.45. The van der Waals surface area contributed by atoms with Crippen molar-refractivity contribution in [3.8, 4) is 5.75 Å². The van der Waals surface area contributed by atoms with E-state index in [1.807, 2.05) is 30.4 Å². The lowest BCUT2D eigenvalue weighted by Gasteiger charge is -2.38. The summed E-state index contributed by atoms with van der Waals surface area (Å²) in [6.45, 7) is 8.51. The largest absolute Gasteiger partial charge is 0.490 e. The molecular formula is C33H38N2O5S2. The van der Waals surface area contributed by atoms with Crippen LogP contribution in [0.4, 0.5) is 0 Å². The molecule has 42 heavy (non-hydrogen) atoms. The molecule has 0 amide bonds. The number of H-pyrrole nitrogens is 1. The quantitative estimate of drug-likeness (QED) is 0.174. The van der Waals surface area contributed by atoms with Gasteiger partial charge in [0.15, 0.2) is 0 Å². The number of rotatable bonds is 7. The predicted octanol–water partition coefficient (Wildman–Crippen LogP) is 6.94. The minimum absolute atomic E-state index is 0.0741. The second-order valence-corrected chi connectivity index (χ2v) is 13.5. The number of β-amino-alcohol motifs (C(OH)–C–C–N with tert-alkyl or cyclic N) is 1. The predicted molar refractivity (Wildman–Crippen MR) is 170 cm³/mol. The molecule has 0 spiro atoms. The summed E-state index contributed by atoms with van der Waals surface area (Å²) in [6.07, 6.45) is 1.76. The molecule has 1 aliphatic rings. The summed E-state index contributed by atoms with van der Waals surface area (Å²) in [5, 5.41) is 15.4. The van der Waals surface area contributed by atoms with Crippen LogP contribution in [0.1, 0.15) is 42.5 Å². The van der Waals surface area contributed by atoms with Crippen molar-refractivity contribution in [3.63, 3.8) is 0 Å². The van der Waals surface area contributed by atoms with Crippen LogP contribution < -0.4 is 4.74 Å². The Morgan fingerprint density at radius 3 is 2.55 bits per heavy atom. The first-order chi connectivity index (χ1) is 20.1. The van der Waals surface area contributed by atoms with Crippen molar-refractivity contribution in [3.05, 3.63) is 95.0 Å². The van der Waals surface area contributed by atoms with Crippen LogP contribution in [0.2, 0.25) is 0 Å². The van der Waals surface area contributed by atoms with E-state index >= 15 is 0 Å². The van der Waals surface area contributed by atoms with E-state index in [1.165, 1.54) is 33.3 Å². The van der Waals surface area contributed by atoms with Crippen molar-refractivity contribution in [1.82, 2.24) is 9.88 Å². The molecule has 1 aliphatic heterocycles. The number of likely N-dealkylation sites (tertiary alicyclic amines) is 1. The molecular weight excluding hydrogens is 569 g/mol. The van der Waals surface area contributed by atoms with Crippen LogP contribution in [0.5, 0.6) is 5.75 Å². The van der Waals surface area contributed by atoms with Crippen molar-refractivity contribution in [2.75, 3.05) is 19.7 Å². The standard InChI is InChI=1S/C27H32N2O2S.C6H6O3S/c1-17-16-32-27-8-7-20(13-23(17)27)21-9-10-29(19(3)12-21)14-22(30)15-31-26-6-4-5-25-24(26)11-18(2)28-25;7-10(8,9)6-4-2-1-3-5-6/h4-8,11,13,16,19,21-22,28,30H,9-10,12,14-15H2,1-3H3;1-5H,(H,7,8,9)/t19-,21+,22-;/m0./s1. The first-order valence-electron chi connectivity index (χ1n) is 14.2. The number of aromatic nitrogens is 1. The first kappa shape index (κ1) is 30.3. The Labute approximate surface area is 251 Å². The monoisotopic (exact) mass is 606 g/mol. The lowest BCUT2D eigenvalue weighted by atomic mass is 9.85. The number of ether oxygens (including phenoxy) is 1. The van der Waals surface area contributed by atoms with E-state index in [1.54, 1.807) is 18.2 Å². The zero-order chi connectivity index (χ0) is 29.9. The highest BCUT2D eigenvalue weighted by molar-refractivity contribution is 7.85. The summed E-state index contributed by atoms with van der Waals surface area (Å²) in [5.74, 6) is 1.42. The number of nitrogens with zero attached hydrogens (tertiary/aromatic N) is 1. The zero-order valence-corrected chi connectivity index (χ0v) is 25.8. The number of benzene rings is 3. The average molecular weight is 607 g/mol. The van der Waals surface area contributed by atoms with Gasteiger partial charge in [0.25, 0.3) is 10.1 Å². The van der Waals surface area contributed by atoms with Crippen LogP contribution in [0.3, 0.4) is 0 Å². The van der Waals surface area contributed by atoms with Crippen molar-refractivity contribution in [1.29, 1.82) is 0 Å². The molecule has 3 heterocycles. The molecule has 5 aromatic rings. The smallest absolute Gasteiger partial charge is 0.294 e. The van der Waals surface area contributed by atoms with Crippen LogP contribution in [-0.4, -0.2) is 59.8 Å². The molecule has 7 nitrogen and oxygen atoms in total. The molecule has 0 radical (unpaired) electrons. The molecule has 0 unspecified atom stereocenters. The fourth-order valence-electron chi connectivity index (χ4n) is 5.72. The highest BCUT2D eigenvalue weighted by atomic mass is 32.2. The molecule has 0 aliphatic carbocycles. The van der Waals surface area contributed by atoms with Gasteiger partial charge in [0.1, 0.15) is 18.5 Å². The summed E-state index contributed by atoms with van der Waals surface area (Å²) in [5.41, 5.74) is 5.03. The van der Waals surface area contributed by atoms with E-state index in [-0.39, 0.29) is 4.90 Å². The van der Waals surface area contributed by atoms with Crippen LogP contribution in [-0.2, 0) is 10.1 Å². The fraction of sp³-hybridized carbons (Fsp3) is 0.333. The van der Waals surface area contributed by atoms with Crippen LogP contribution >= 0.6 is 11.3 Å². The van der Waals surface area contributed by atoms with Crippen LogP contribution in [0, 0.1) is 13.8 Å². The van der Waals surface area contributed by atoms with E-state index in [2.05, 4.69) is 59.4 Å². The van der Waals surface area contributed by atoms with Gasteiger partial charge in [-0.3, -0.25) is 9.45 Å². The summed E-state index contributed by atoms with van der Waals surface area (Å²) in [6, 6.07) is 23.0. The third-order valence-electron chi connectivity index (χ3n) is 7.95. The third kappa shape index (κ3) is 7.22. The molecule has 3 aromatic carbocycles. The Hall–Kier alpha value is -3.21. The highest BCUT2D eigenvalue weighted by Gasteiger charge is 2.28. The lowest BCUT2D eigenvalue weighted by molar-refractivity contribution is 0.0406. The summed E-state index contributed by atoms with van der Waals surface area (Å²) in [7, 11) is -4.00. The Morgan fingerprint density at radius 2 is 1.83 bits per heavy atom. The molecule has 2 aromatic heterocycles. The minimum atomic E-state index is -4.00. The van der Waals surface area contributed by atoms with Crippen molar-refractivity contribution < 1.29 is 22.8 Å². The normalized spacial score (nSPS) is 18.5. The molecule has 6 rings (SSSR count). The van der Waals surface area contributed by atoms with Gasteiger partial charge in [0.05, 0.1) is 4.90 Å². The number of aliphatic hydroxyl groups is 1. The second kappa shape index (κ2) is 13.0. The number of fused-ring (bicyclic) bond motifs is 2. The number of aryl methyl sites for hydroxylation is 2. The van der Waals surface area contributed by atoms with Gasteiger partial charge in [-0.15, -0.1) is 11.3 Å². The van der Waals surface area contributed by atoms with Gasteiger partial charge in [-0.25, -0.2) is 0 Å². The molecule has 1 fully saturated rings. The van der Waals surface area contributed by atoms with Crippen molar-refractivity contribution >= 4 is 42.4 Å². The Kier molecular flexibility index (Phi) is 9.35. The number of aromatic amines is 1. The topological polar surface area (TPSA) is 103 Å². The molecule has 3 atom stereocenters. The SMILES string of the molecule is Cc1cc2c(OC[C@@H](O)CN3CC[C@@H](c4ccc5scc(C)c5c4)C[C@@H]3C)cccc2[nH]1.O=S(=O)(O)c1ccccc1. The molecule has 0 bridgehead atoms.